The fourth-order valence-electron chi connectivity index (χ4n) is 2.97. The van der Waals surface area contributed by atoms with E-state index in [-0.39, 0.29) is 0 Å². The summed E-state index contributed by atoms with van der Waals surface area (Å²) in [7, 11) is 2.19. The van der Waals surface area contributed by atoms with Crippen LogP contribution in [0.5, 0.6) is 5.75 Å². The van der Waals surface area contributed by atoms with Crippen molar-refractivity contribution in [1.29, 1.82) is 0 Å². The van der Waals surface area contributed by atoms with Crippen LogP contribution in [0.1, 0.15) is 24.8 Å². The Morgan fingerprint density at radius 2 is 2.33 bits per heavy atom. The maximum Gasteiger partial charge on any atom is 0.142 e. The number of nitrogens with zero attached hydrogens (tertiary/aromatic N) is 1. The van der Waals surface area contributed by atoms with E-state index in [1.807, 2.05) is 0 Å². The van der Waals surface area contributed by atoms with Gasteiger partial charge in [-0.2, -0.15) is 0 Å². The Balaban J connectivity index is 1.69. The lowest BCUT2D eigenvalue weighted by Crippen LogP contribution is -2.30. The van der Waals surface area contributed by atoms with Crippen molar-refractivity contribution < 1.29 is 4.74 Å². The number of para-hydroxylation sites is 1. The first-order valence-electron chi connectivity index (χ1n) is 7.03. The standard InChI is InChI=1S/C15H22N2O/c1-17-10-4-7-13(17)11-18-14-8-2-5-12-6-3-9-16-15(12)14/h2,5,8,13,16H,3-4,6-7,9-11H2,1H3. The summed E-state index contributed by atoms with van der Waals surface area (Å²) in [5.74, 6) is 1.03. The number of benzene rings is 1. The van der Waals surface area contributed by atoms with Crippen molar-refractivity contribution in [3.05, 3.63) is 23.8 Å². The summed E-state index contributed by atoms with van der Waals surface area (Å²) in [6.07, 6.45) is 4.96. The van der Waals surface area contributed by atoms with E-state index in [0.717, 1.165) is 18.9 Å². The highest BCUT2D eigenvalue weighted by Crippen LogP contribution is 2.32. The maximum absolute atomic E-state index is 6.05. The molecule has 1 saturated heterocycles. The number of nitrogens with one attached hydrogen (secondary N) is 1. The zero-order chi connectivity index (χ0) is 12.4. The fourth-order valence-corrected chi connectivity index (χ4v) is 2.97. The molecule has 2 aliphatic rings. The third kappa shape index (κ3) is 2.32. The van der Waals surface area contributed by atoms with Gasteiger partial charge in [0.1, 0.15) is 12.4 Å². The predicted octanol–water partition coefficient (Wildman–Crippen LogP) is 2.52. The molecular weight excluding hydrogens is 224 g/mol. The van der Waals surface area contributed by atoms with E-state index in [9.17, 15) is 0 Å². The number of ether oxygens (including phenoxy) is 1. The molecule has 0 saturated carbocycles. The average molecular weight is 246 g/mol. The van der Waals surface area contributed by atoms with E-state index in [2.05, 4.69) is 35.5 Å². The Morgan fingerprint density at radius 1 is 1.39 bits per heavy atom. The van der Waals surface area contributed by atoms with Gasteiger partial charge in [-0.3, -0.25) is 0 Å². The summed E-state index contributed by atoms with van der Waals surface area (Å²) < 4.78 is 6.05. The Morgan fingerprint density at radius 3 is 3.17 bits per heavy atom. The van der Waals surface area contributed by atoms with E-state index < -0.39 is 0 Å². The van der Waals surface area contributed by atoms with E-state index in [1.54, 1.807) is 0 Å². The van der Waals surface area contributed by atoms with Crippen molar-refractivity contribution in [3.63, 3.8) is 0 Å². The zero-order valence-electron chi connectivity index (χ0n) is 11.1. The fraction of sp³-hybridized carbons (Fsp3) is 0.600. The van der Waals surface area contributed by atoms with Gasteiger partial charge in [0.25, 0.3) is 0 Å². The number of likely N-dealkylation sites (N-methyl/N-ethyl adjacent to an activating group) is 1. The van der Waals surface area contributed by atoms with Crippen molar-refractivity contribution in [2.75, 3.05) is 32.1 Å². The van der Waals surface area contributed by atoms with Crippen LogP contribution in [0.15, 0.2) is 18.2 Å². The molecule has 3 rings (SSSR count). The molecule has 0 spiro atoms. The van der Waals surface area contributed by atoms with Gasteiger partial charge < -0.3 is 15.0 Å². The summed E-state index contributed by atoms with van der Waals surface area (Å²) in [5.41, 5.74) is 2.63. The molecule has 3 heteroatoms. The first kappa shape index (κ1) is 11.8. The lowest BCUT2D eigenvalue weighted by Gasteiger charge is -2.24. The summed E-state index contributed by atoms with van der Waals surface area (Å²) in [6, 6.07) is 6.99. The van der Waals surface area contributed by atoms with Gasteiger partial charge in [-0.15, -0.1) is 0 Å². The van der Waals surface area contributed by atoms with Gasteiger partial charge in [-0.05, 0) is 50.9 Å². The largest absolute Gasteiger partial charge is 0.490 e. The van der Waals surface area contributed by atoms with Crippen LogP contribution >= 0.6 is 0 Å². The molecule has 0 amide bonds. The monoisotopic (exact) mass is 246 g/mol. The molecule has 18 heavy (non-hydrogen) atoms. The highest BCUT2D eigenvalue weighted by molar-refractivity contribution is 5.63. The minimum absolute atomic E-state index is 0.587. The van der Waals surface area contributed by atoms with Crippen LogP contribution in [-0.4, -0.2) is 37.7 Å². The van der Waals surface area contributed by atoms with Crippen LogP contribution < -0.4 is 10.1 Å². The first-order chi connectivity index (χ1) is 8.84. The van der Waals surface area contributed by atoms with Gasteiger partial charge in [-0.25, -0.2) is 0 Å². The number of hydrogen-bond acceptors (Lipinski definition) is 3. The van der Waals surface area contributed by atoms with Crippen LogP contribution in [-0.2, 0) is 6.42 Å². The summed E-state index contributed by atoms with van der Waals surface area (Å²) in [5, 5.41) is 3.48. The summed E-state index contributed by atoms with van der Waals surface area (Å²) in [4.78, 5) is 2.41. The number of hydrogen-bond donors (Lipinski definition) is 1. The molecule has 1 unspecified atom stereocenters. The number of likely N-dealkylation sites (tertiary alicyclic amines) is 1. The highest BCUT2D eigenvalue weighted by Gasteiger charge is 2.22. The van der Waals surface area contributed by atoms with E-state index in [4.69, 9.17) is 4.74 Å². The lowest BCUT2D eigenvalue weighted by atomic mass is 10.0. The Labute approximate surface area is 109 Å². The number of rotatable bonds is 3. The van der Waals surface area contributed by atoms with E-state index in [1.165, 1.54) is 43.5 Å². The van der Waals surface area contributed by atoms with Crippen LogP contribution in [0, 0.1) is 0 Å². The molecule has 1 N–H and O–H groups in total. The van der Waals surface area contributed by atoms with Crippen LogP contribution in [0.25, 0.3) is 0 Å². The molecule has 3 nitrogen and oxygen atoms in total. The van der Waals surface area contributed by atoms with Gasteiger partial charge in [0, 0.05) is 12.6 Å². The quantitative estimate of drug-likeness (QED) is 0.887. The van der Waals surface area contributed by atoms with Crippen molar-refractivity contribution >= 4 is 5.69 Å². The Hall–Kier alpha value is -1.22. The molecule has 1 fully saturated rings. The highest BCUT2D eigenvalue weighted by atomic mass is 16.5. The van der Waals surface area contributed by atoms with E-state index >= 15 is 0 Å². The van der Waals surface area contributed by atoms with Crippen molar-refractivity contribution in [3.8, 4) is 5.75 Å². The molecule has 1 aromatic rings. The number of anilines is 1. The lowest BCUT2D eigenvalue weighted by molar-refractivity contribution is 0.198. The number of aryl methyl sites for hydroxylation is 1. The third-order valence-electron chi connectivity index (χ3n) is 4.14. The number of fused-ring (bicyclic) bond motifs is 1. The molecular formula is C15H22N2O. The van der Waals surface area contributed by atoms with Gasteiger partial charge in [0.05, 0.1) is 5.69 Å². The molecule has 0 aliphatic carbocycles. The van der Waals surface area contributed by atoms with Crippen molar-refractivity contribution in [2.24, 2.45) is 0 Å². The maximum atomic E-state index is 6.05. The predicted molar refractivity (Wildman–Crippen MR) is 74.4 cm³/mol. The van der Waals surface area contributed by atoms with Gasteiger partial charge >= 0.3 is 0 Å². The minimum Gasteiger partial charge on any atom is -0.490 e. The molecule has 0 radical (unpaired) electrons. The average Bonchev–Trinajstić information content (AvgIpc) is 2.82. The Bertz CT molecular complexity index is 419. The van der Waals surface area contributed by atoms with Gasteiger partial charge in [0.15, 0.2) is 0 Å². The Kier molecular flexibility index (Phi) is 3.41. The first-order valence-corrected chi connectivity index (χ1v) is 7.03. The van der Waals surface area contributed by atoms with Gasteiger partial charge in [-0.1, -0.05) is 12.1 Å². The molecule has 2 heterocycles. The third-order valence-corrected chi connectivity index (χ3v) is 4.14. The van der Waals surface area contributed by atoms with Gasteiger partial charge in [0.2, 0.25) is 0 Å². The topological polar surface area (TPSA) is 24.5 Å². The van der Waals surface area contributed by atoms with Crippen molar-refractivity contribution in [1.82, 2.24) is 4.90 Å². The van der Waals surface area contributed by atoms with Crippen LogP contribution in [0.4, 0.5) is 5.69 Å². The molecule has 1 atom stereocenters. The second kappa shape index (κ2) is 5.19. The van der Waals surface area contributed by atoms with Crippen LogP contribution in [0.2, 0.25) is 0 Å². The zero-order valence-corrected chi connectivity index (χ0v) is 11.1. The SMILES string of the molecule is CN1CCCC1COc1cccc2c1NCCC2. The minimum atomic E-state index is 0.587. The molecule has 98 valence electrons. The molecule has 2 aliphatic heterocycles. The smallest absolute Gasteiger partial charge is 0.142 e. The molecule has 1 aromatic carbocycles. The molecule has 0 bridgehead atoms. The summed E-state index contributed by atoms with van der Waals surface area (Å²) >= 11 is 0. The van der Waals surface area contributed by atoms with Crippen molar-refractivity contribution in [2.45, 2.75) is 31.7 Å². The summed E-state index contributed by atoms with van der Waals surface area (Å²) in [6.45, 7) is 3.09. The normalized spacial score (nSPS) is 23.5. The second-order valence-electron chi connectivity index (χ2n) is 5.41. The van der Waals surface area contributed by atoms with E-state index in [0.29, 0.717) is 6.04 Å². The second-order valence-corrected chi connectivity index (χ2v) is 5.41. The molecule has 0 aromatic heterocycles. The van der Waals surface area contributed by atoms with Crippen LogP contribution in [0.3, 0.4) is 0 Å².